The van der Waals surface area contributed by atoms with Gasteiger partial charge >= 0.3 is 5.97 Å². The second-order valence-corrected chi connectivity index (χ2v) is 5.29. The molecular weight excluding hydrogens is 337 g/mol. The summed E-state index contributed by atoms with van der Waals surface area (Å²) in [6.45, 7) is -0.279. The average molecular weight is 352 g/mol. The normalized spacial score (nSPS) is 10.1. The summed E-state index contributed by atoms with van der Waals surface area (Å²) in [7, 11) is 1.32. The maximum Gasteiger partial charge on any atom is 0.309 e. The molecule has 1 N–H and O–H groups in total. The number of rotatable bonds is 6. The Bertz CT molecular complexity index is 734. The van der Waals surface area contributed by atoms with Crippen LogP contribution in [0.4, 0.5) is 10.1 Å². The lowest BCUT2D eigenvalue weighted by atomic mass is 10.1. The van der Waals surface area contributed by atoms with Gasteiger partial charge in [0.15, 0.2) is 6.61 Å². The number of hydrogen-bond acceptors (Lipinski definition) is 4. The Morgan fingerprint density at radius 2 is 1.88 bits per heavy atom. The molecule has 126 valence electrons. The van der Waals surface area contributed by atoms with E-state index in [0.717, 1.165) is 11.6 Å². The first-order valence-electron chi connectivity index (χ1n) is 7.01. The molecule has 1 amide bonds. The number of anilines is 1. The Morgan fingerprint density at radius 1 is 1.17 bits per heavy atom. The maximum atomic E-state index is 13.6. The van der Waals surface area contributed by atoms with Crippen LogP contribution in [0.3, 0.4) is 0 Å². The van der Waals surface area contributed by atoms with E-state index >= 15 is 0 Å². The van der Waals surface area contributed by atoms with Crippen LogP contribution in [0.2, 0.25) is 5.02 Å². The summed E-state index contributed by atoms with van der Waals surface area (Å²) in [5.74, 6) is -1.01. The van der Waals surface area contributed by atoms with Crippen LogP contribution in [-0.2, 0) is 20.7 Å². The van der Waals surface area contributed by atoms with Crippen molar-refractivity contribution in [2.24, 2.45) is 0 Å². The molecule has 0 unspecified atom stereocenters. The second-order valence-electron chi connectivity index (χ2n) is 4.86. The Kier molecular flexibility index (Phi) is 6.14. The lowest BCUT2D eigenvalue weighted by Gasteiger charge is -2.09. The molecule has 0 atom stereocenters. The van der Waals surface area contributed by atoms with E-state index < -0.39 is 11.7 Å². The van der Waals surface area contributed by atoms with Gasteiger partial charge in [0.25, 0.3) is 5.91 Å². The molecule has 2 aromatic carbocycles. The lowest BCUT2D eigenvalue weighted by molar-refractivity contribution is -0.139. The summed E-state index contributed by atoms with van der Waals surface area (Å²) in [4.78, 5) is 22.9. The predicted octanol–water partition coefficient (Wildman–Crippen LogP) is 3.21. The number of methoxy groups -OCH3 is 1. The number of hydrogen-bond donors (Lipinski definition) is 1. The maximum absolute atomic E-state index is 13.6. The van der Waals surface area contributed by atoms with Gasteiger partial charge in [-0.2, -0.15) is 0 Å². The molecule has 2 rings (SSSR count). The van der Waals surface area contributed by atoms with E-state index in [1.165, 1.54) is 19.2 Å². The zero-order valence-corrected chi connectivity index (χ0v) is 13.6. The van der Waals surface area contributed by atoms with Crippen molar-refractivity contribution in [1.82, 2.24) is 0 Å². The van der Waals surface area contributed by atoms with Crippen molar-refractivity contribution in [1.29, 1.82) is 0 Å². The van der Waals surface area contributed by atoms with E-state index in [-0.39, 0.29) is 29.7 Å². The fraction of sp³-hybridized carbons (Fsp3) is 0.176. The van der Waals surface area contributed by atoms with E-state index in [0.29, 0.717) is 5.75 Å². The van der Waals surface area contributed by atoms with Gasteiger partial charge in [0.2, 0.25) is 0 Å². The second kappa shape index (κ2) is 8.31. The minimum atomic E-state index is -0.622. The highest BCUT2D eigenvalue weighted by molar-refractivity contribution is 6.30. The third-order valence-corrected chi connectivity index (χ3v) is 3.31. The van der Waals surface area contributed by atoms with Gasteiger partial charge in [-0.3, -0.25) is 9.59 Å². The molecule has 0 aliphatic heterocycles. The van der Waals surface area contributed by atoms with Crippen LogP contribution in [0, 0.1) is 5.82 Å². The van der Waals surface area contributed by atoms with Crippen LogP contribution in [-0.4, -0.2) is 25.6 Å². The van der Waals surface area contributed by atoms with E-state index in [1.807, 2.05) is 0 Å². The number of carbonyl (C=O) groups excluding carboxylic acids is 2. The van der Waals surface area contributed by atoms with Crippen molar-refractivity contribution in [3.05, 3.63) is 58.9 Å². The highest BCUT2D eigenvalue weighted by Crippen LogP contribution is 2.19. The van der Waals surface area contributed by atoms with Crippen LogP contribution in [0.1, 0.15) is 5.56 Å². The van der Waals surface area contributed by atoms with Gasteiger partial charge in [0.1, 0.15) is 11.6 Å². The van der Waals surface area contributed by atoms with E-state index in [9.17, 15) is 14.0 Å². The van der Waals surface area contributed by atoms with Gasteiger partial charge in [0.05, 0.1) is 19.2 Å². The standard InChI is InChI=1S/C17H15ClFNO4/c1-23-17(22)8-11-2-5-13(6-3-11)24-10-16(21)20-15-7-4-12(18)9-14(15)19/h2-7,9H,8,10H2,1H3,(H,20,21). The Labute approximate surface area is 143 Å². The highest BCUT2D eigenvalue weighted by Gasteiger charge is 2.09. The number of nitrogens with one attached hydrogen (secondary N) is 1. The van der Waals surface area contributed by atoms with Crippen molar-refractivity contribution in [2.75, 3.05) is 19.0 Å². The van der Waals surface area contributed by atoms with Crippen LogP contribution in [0.15, 0.2) is 42.5 Å². The van der Waals surface area contributed by atoms with Gasteiger partial charge in [-0.25, -0.2) is 4.39 Å². The topological polar surface area (TPSA) is 64.6 Å². The summed E-state index contributed by atoms with van der Waals surface area (Å²) in [5, 5.41) is 2.64. The fourth-order valence-electron chi connectivity index (χ4n) is 1.87. The van der Waals surface area contributed by atoms with Gasteiger partial charge in [-0.1, -0.05) is 23.7 Å². The molecule has 2 aromatic rings. The van der Waals surface area contributed by atoms with Crippen LogP contribution in [0.5, 0.6) is 5.75 Å². The molecule has 0 aliphatic carbocycles. The fourth-order valence-corrected chi connectivity index (χ4v) is 2.03. The molecule has 0 radical (unpaired) electrons. The Hall–Kier alpha value is -2.60. The lowest BCUT2D eigenvalue weighted by Crippen LogP contribution is -2.20. The Balaban J connectivity index is 1.86. The van der Waals surface area contributed by atoms with Crippen molar-refractivity contribution in [3.8, 4) is 5.75 Å². The molecule has 0 spiro atoms. The van der Waals surface area contributed by atoms with Gasteiger partial charge < -0.3 is 14.8 Å². The van der Waals surface area contributed by atoms with Crippen molar-refractivity contribution < 1.29 is 23.5 Å². The van der Waals surface area contributed by atoms with Gasteiger partial charge in [-0.05, 0) is 35.9 Å². The van der Waals surface area contributed by atoms with Crippen molar-refractivity contribution in [3.63, 3.8) is 0 Å². The minimum absolute atomic E-state index is 0.0291. The molecule has 0 saturated heterocycles. The molecule has 0 heterocycles. The zero-order valence-electron chi connectivity index (χ0n) is 12.8. The predicted molar refractivity (Wildman–Crippen MR) is 87.7 cm³/mol. The minimum Gasteiger partial charge on any atom is -0.484 e. The first-order valence-corrected chi connectivity index (χ1v) is 7.39. The van der Waals surface area contributed by atoms with Crippen LogP contribution >= 0.6 is 11.6 Å². The number of esters is 1. The molecule has 7 heteroatoms. The van der Waals surface area contributed by atoms with Crippen molar-refractivity contribution in [2.45, 2.75) is 6.42 Å². The zero-order chi connectivity index (χ0) is 17.5. The molecular formula is C17H15ClFNO4. The summed E-state index contributed by atoms with van der Waals surface area (Å²) < 4.78 is 23.5. The van der Waals surface area contributed by atoms with E-state index in [1.54, 1.807) is 24.3 Å². The molecule has 24 heavy (non-hydrogen) atoms. The Morgan fingerprint density at radius 3 is 2.50 bits per heavy atom. The smallest absolute Gasteiger partial charge is 0.309 e. The average Bonchev–Trinajstić information content (AvgIpc) is 2.56. The molecule has 0 bridgehead atoms. The van der Waals surface area contributed by atoms with Crippen LogP contribution < -0.4 is 10.1 Å². The van der Waals surface area contributed by atoms with Crippen LogP contribution in [0.25, 0.3) is 0 Å². The summed E-state index contributed by atoms with van der Waals surface area (Å²) >= 11 is 5.64. The third-order valence-electron chi connectivity index (χ3n) is 3.07. The van der Waals surface area contributed by atoms with Gasteiger partial charge in [-0.15, -0.1) is 0 Å². The first kappa shape index (κ1) is 17.7. The number of carbonyl (C=O) groups is 2. The quantitative estimate of drug-likeness (QED) is 0.812. The van der Waals surface area contributed by atoms with E-state index in [2.05, 4.69) is 10.1 Å². The van der Waals surface area contributed by atoms with Crippen molar-refractivity contribution >= 4 is 29.2 Å². The number of benzene rings is 2. The molecule has 0 fully saturated rings. The summed E-state index contributed by atoms with van der Waals surface area (Å²) in [5.41, 5.74) is 0.795. The summed E-state index contributed by atoms with van der Waals surface area (Å²) in [6, 6.07) is 10.6. The summed E-state index contributed by atoms with van der Waals surface area (Å²) in [6.07, 6.45) is 0.160. The third kappa shape index (κ3) is 5.24. The van der Waals surface area contributed by atoms with Gasteiger partial charge in [0, 0.05) is 5.02 Å². The monoisotopic (exact) mass is 351 g/mol. The molecule has 0 aromatic heterocycles. The molecule has 5 nitrogen and oxygen atoms in total. The van der Waals surface area contributed by atoms with E-state index in [4.69, 9.17) is 16.3 Å². The number of halogens is 2. The SMILES string of the molecule is COC(=O)Cc1ccc(OCC(=O)Nc2ccc(Cl)cc2F)cc1. The largest absolute Gasteiger partial charge is 0.484 e. The first-order chi connectivity index (χ1) is 11.5. The number of amides is 1. The molecule has 0 aliphatic rings. The molecule has 0 saturated carbocycles. The number of ether oxygens (including phenoxy) is 2. The highest BCUT2D eigenvalue weighted by atomic mass is 35.5.